The van der Waals surface area contributed by atoms with Crippen molar-refractivity contribution in [3.63, 3.8) is 0 Å². The second-order valence-electron chi connectivity index (χ2n) is 3.03. The van der Waals surface area contributed by atoms with Crippen LogP contribution in [0.4, 0.5) is 0 Å². The van der Waals surface area contributed by atoms with Crippen LogP contribution >= 0.6 is 11.3 Å². The van der Waals surface area contributed by atoms with Gasteiger partial charge in [-0.15, -0.1) is 11.3 Å². The number of hydrogen-bond acceptors (Lipinski definition) is 1. The van der Waals surface area contributed by atoms with Gasteiger partial charge in [-0.05, 0) is 35.9 Å². The maximum Gasteiger partial charge on any atom is 0.0270 e. The third kappa shape index (κ3) is 4.30. The Kier molecular flexibility index (Phi) is 5.79. The molecule has 1 aliphatic rings. The topological polar surface area (TPSA) is 0 Å². The fourth-order valence-electron chi connectivity index (χ4n) is 1.32. The van der Waals surface area contributed by atoms with E-state index in [9.17, 15) is 0 Å². The van der Waals surface area contributed by atoms with E-state index in [1.165, 1.54) is 23.3 Å². The van der Waals surface area contributed by atoms with E-state index in [0.29, 0.717) is 0 Å². The fraction of sp³-hybridized carbons (Fsp3) is 0.286. The zero-order valence-corrected chi connectivity index (χ0v) is 10.3. The molecular weight excluding hydrogens is 200 g/mol. The highest BCUT2D eigenvalue weighted by molar-refractivity contribution is 7.10. The second kappa shape index (κ2) is 7.24. The van der Waals surface area contributed by atoms with E-state index in [-0.39, 0.29) is 0 Å². The Labute approximate surface area is 96.7 Å². The van der Waals surface area contributed by atoms with E-state index < -0.39 is 0 Å². The summed E-state index contributed by atoms with van der Waals surface area (Å²) in [6.45, 7) is 4.00. The monoisotopic (exact) mass is 218 g/mol. The van der Waals surface area contributed by atoms with Crippen molar-refractivity contribution in [2.45, 2.75) is 26.7 Å². The maximum atomic E-state index is 2.28. The van der Waals surface area contributed by atoms with Gasteiger partial charge < -0.3 is 0 Å². The van der Waals surface area contributed by atoms with Crippen LogP contribution in [0.25, 0.3) is 6.08 Å². The van der Waals surface area contributed by atoms with Crippen molar-refractivity contribution in [1.82, 2.24) is 0 Å². The van der Waals surface area contributed by atoms with E-state index in [1.807, 2.05) is 13.8 Å². The molecule has 1 aromatic rings. The molecule has 0 saturated carbocycles. The molecule has 1 aromatic heterocycles. The summed E-state index contributed by atoms with van der Waals surface area (Å²) < 4.78 is 0. The molecule has 0 unspecified atom stereocenters. The molecule has 0 nitrogen and oxygen atoms in total. The van der Waals surface area contributed by atoms with Crippen molar-refractivity contribution in [2.75, 3.05) is 0 Å². The summed E-state index contributed by atoms with van der Waals surface area (Å²) in [5.74, 6) is 0. The normalized spacial score (nSPS) is 14.7. The Bertz CT molecular complexity index is 339. The molecule has 1 heterocycles. The van der Waals surface area contributed by atoms with Gasteiger partial charge >= 0.3 is 0 Å². The molecule has 80 valence electrons. The van der Waals surface area contributed by atoms with Gasteiger partial charge in [-0.2, -0.15) is 0 Å². The quantitative estimate of drug-likeness (QED) is 0.650. The molecule has 0 atom stereocenters. The van der Waals surface area contributed by atoms with Gasteiger partial charge in [-0.25, -0.2) is 0 Å². The first kappa shape index (κ1) is 12.0. The van der Waals surface area contributed by atoms with Crippen molar-refractivity contribution in [3.8, 4) is 0 Å². The summed E-state index contributed by atoms with van der Waals surface area (Å²) in [7, 11) is 0. The van der Waals surface area contributed by atoms with E-state index in [0.717, 1.165) is 0 Å². The summed E-state index contributed by atoms with van der Waals surface area (Å²) in [6.07, 6.45) is 13.4. The Morgan fingerprint density at radius 2 is 2.07 bits per heavy atom. The standard InChI is InChI=1S/C12H12S.C2H6/c1-2-5-11(6-3-1)8-9-12-7-4-10-13-12;1-2/h2,4-10H,1,3H2;1-2H3/b9-8+;. The first-order valence-corrected chi connectivity index (χ1v) is 6.41. The van der Waals surface area contributed by atoms with Crippen molar-refractivity contribution in [2.24, 2.45) is 0 Å². The molecule has 0 aromatic carbocycles. The average molecular weight is 218 g/mol. The second-order valence-corrected chi connectivity index (χ2v) is 4.01. The van der Waals surface area contributed by atoms with Gasteiger partial charge in [0.1, 0.15) is 0 Å². The molecule has 0 aliphatic heterocycles. The van der Waals surface area contributed by atoms with Gasteiger partial charge in [0.15, 0.2) is 0 Å². The van der Waals surface area contributed by atoms with Crippen LogP contribution in [0.2, 0.25) is 0 Å². The summed E-state index contributed by atoms with van der Waals surface area (Å²) >= 11 is 1.77. The fourth-order valence-corrected chi connectivity index (χ4v) is 1.94. The van der Waals surface area contributed by atoms with Crippen LogP contribution in [0, 0.1) is 0 Å². The lowest BCUT2D eigenvalue weighted by Crippen LogP contribution is -1.79. The van der Waals surface area contributed by atoms with Gasteiger partial charge in [0.2, 0.25) is 0 Å². The Morgan fingerprint density at radius 1 is 1.20 bits per heavy atom. The van der Waals surface area contributed by atoms with Gasteiger partial charge in [0.05, 0.1) is 0 Å². The van der Waals surface area contributed by atoms with Gasteiger partial charge in [-0.3, -0.25) is 0 Å². The zero-order valence-electron chi connectivity index (χ0n) is 9.44. The van der Waals surface area contributed by atoms with Crippen LogP contribution in [0.15, 0.2) is 47.4 Å². The molecular formula is C14H18S. The third-order valence-electron chi connectivity index (χ3n) is 2.01. The van der Waals surface area contributed by atoms with Crippen LogP contribution in [0.5, 0.6) is 0 Å². The lowest BCUT2D eigenvalue weighted by Gasteiger charge is -1.99. The van der Waals surface area contributed by atoms with Crippen LogP contribution in [-0.4, -0.2) is 0 Å². The third-order valence-corrected chi connectivity index (χ3v) is 2.84. The molecule has 1 heteroatoms. The predicted octanol–water partition coefficient (Wildman–Crippen LogP) is 5.06. The largest absolute Gasteiger partial charge is 0.144 e. The molecule has 0 radical (unpaired) electrons. The molecule has 15 heavy (non-hydrogen) atoms. The number of thiophene rings is 1. The molecule has 0 spiro atoms. The minimum atomic E-state index is 1.18. The lowest BCUT2D eigenvalue weighted by molar-refractivity contribution is 1.03. The van der Waals surface area contributed by atoms with Crippen LogP contribution in [0.3, 0.4) is 0 Å². The first-order chi connectivity index (χ1) is 7.45. The maximum absolute atomic E-state index is 2.28. The summed E-state index contributed by atoms with van der Waals surface area (Å²) in [5.41, 5.74) is 1.33. The molecule has 0 bridgehead atoms. The smallest absolute Gasteiger partial charge is 0.0270 e. The lowest BCUT2D eigenvalue weighted by atomic mass is 10.1. The minimum absolute atomic E-state index is 1.18. The van der Waals surface area contributed by atoms with Gasteiger partial charge in [0.25, 0.3) is 0 Å². The van der Waals surface area contributed by atoms with Crippen molar-refractivity contribution in [1.29, 1.82) is 0 Å². The zero-order chi connectivity index (χ0) is 10.9. The molecule has 2 rings (SSSR count). The van der Waals surface area contributed by atoms with E-state index in [1.54, 1.807) is 11.3 Å². The van der Waals surface area contributed by atoms with Crippen molar-refractivity contribution < 1.29 is 0 Å². The predicted molar refractivity (Wildman–Crippen MR) is 71.2 cm³/mol. The van der Waals surface area contributed by atoms with Crippen LogP contribution in [0.1, 0.15) is 31.6 Å². The highest BCUT2D eigenvalue weighted by Gasteiger charge is 1.92. The molecule has 0 fully saturated rings. The highest BCUT2D eigenvalue weighted by Crippen LogP contribution is 2.15. The number of hydrogen-bond donors (Lipinski definition) is 0. The van der Waals surface area contributed by atoms with Crippen molar-refractivity contribution >= 4 is 17.4 Å². The summed E-state index contributed by atoms with van der Waals surface area (Å²) in [4.78, 5) is 1.32. The first-order valence-electron chi connectivity index (χ1n) is 5.53. The highest BCUT2D eigenvalue weighted by atomic mass is 32.1. The Balaban J connectivity index is 0.000000531. The molecule has 1 aliphatic carbocycles. The summed E-state index contributed by atoms with van der Waals surface area (Å²) in [5, 5.41) is 2.10. The number of allylic oxidation sites excluding steroid dienone is 5. The van der Waals surface area contributed by atoms with Gasteiger partial charge in [0, 0.05) is 4.88 Å². The molecule has 0 N–H and O–H groups in total. The average Bonchev–Trinajstić information content (AvgIpc) is 2.83. The SMILES string of the molecule is C1=CC(/C=C/c2cccs2)=CCC1.CC. The molecule has 0 saturated heterocycles. The van der Waals surface area contributed by atoms with Crippen molar-refractivity contribution in [3.05, 3.63) is 52.3 Å². The van der Waals surface area contributed by atoms with E-state index in [2.05, 4.69) is 47.9 Å². The minimum Gasteiger partial charge on any atom is -0.144 e. The Morgan fingerprint density at radius 3 is 2.67 bits per heavy atom. The van der Waals surface area contributed by atoms with E-state index >= 15 is 0 Å². The van der Waals surface area contributed by atoms with E-state index in [4.69, 9.17) is 0 Å². The van der Waals surface area contributed by atoms with Gasteiger partial charge in [-0.1, -0.05) is 44.2 Å². The van der Waals surface area contributed by atoms with Crippen LogP contribution < -0.4 is 0 Å². The Hall–Kier alpha value is -1.08. The summed E-state index contributed by atoms with van der Waals surface area (Å²) in [6, 6.07) is 4.21. The van der Waals surface area contributed by atoms with Crippen LogP contribution in [-0.2, 0) is 0 Å². The molecule has 0 amide bonds. The number of rotatable bonds is 2.